The fraction of sp³-hybridized carbons (Fsp3) is 0.188. The number of amides is 1. The van der Waals surface area contributed by atoms with Gasteiger partial charge in [-0.15, -0.1) is 11.3 Å². The van der Waals surface area contributed by atoms with Gasteiger partial charge in [-0.25, -0.2) is 4.98 Å². The Bertz CT molecular complexity index is 887. The molecule has 2 heterocycles. The van der Waals surface area contributed by atoms with Gasteiger partial charge in [-0.1, -0.05) is 30.3 Å². The molecule has 0 saturated heterocycles. The van der Waals surface area contributed by atoms with Gasteiger partial charge in [0.2, 0.25) is 5.91 Å². The Labute approximate surface area is 142 Å². The number of nitrogens with zero attached hydrogens (tertiary/aromatic N) is 2. The summed E-state index contributed by atoms with van der Waals surface area (Å²) in [5.74, 6) is 0.337. The van der Waals surface area contributed by atoms with Crippen LogP contribution in [0.5, 0.6) is 0 Å². The quantitative estimate of drug-likeness (QED) is 0.697. The smallest absolute Gasteiger partial charge is 0.262 e. The van der Waals surface area contributed by atoms with Crippen LogP contribution in [-0.4, -0.2) is 27.8 Å². The predicted molar refractivity (Wildman–Crippen MR) is 96.2 cm³/mol. The van der Waals surface area contributed by atoms with E-state index in [1.807, 2.05) is 36.4 Å². The van der Waals surface area contributed by atoms with Crippen molar-refractivity contribution >= 4 is 40.1 Å². The van der Waals surface area contributed by atoms with Gasteiger partial charge < -0.3 is 5.32 Å². The van der Waals surface area contributed by atoms with Crippen LogP contribution in [0.1, 0.15) is 0 Å². The highest BCUT2D eigenvalue weighted by Gasteiger charge is 2.12. The molecule has 7 heteroatoms. The van der Waals surface area contributed by atoms with Crippen LogP contribution < -0.4 is 10.9 Å². The maximum Gasteiger partial charge on any atom is 0.262 e. The largest absolute Gasteiger partial charge is 0.354 e. The number of thiophene rings is 1. The van der Waals surface area contributed by atoms with Crippen molar-refractivity contribution in [3.63, 3.8) is 0 Å². The Morgan fingerprint density at radius 2 is 2.09 bits per heavy atom. The molecule has 2 aromatic heterocycles. The molecule has 23 heavy (non-hydrogen) atoms. The minimum absolute atomic E-state index is 0.0356. The van der Waals surface area contributed by atoms with Gasteiger partial charge in [0.25, 0.3) is 5.56 Å². The number of benzene rings is 1. The number of aromatic nitrogens is 2. The van der Waals surface area contributed by atoms with E-state index in [0.29, 0.717) is 22.5 Å². The van der Waals surface area contributed by atoms with E-state index in [1.165, 1.54) is 22.2 Å². The lowest BCUT2D eigenvalue weighted by Gasteiger charge is -2.05. The standard InChI is InChI=1S/C16H15N3O2S2/c20-14(17-6-7-22)9-19-10-18-15-12(16(19)21)8-13(23-15)11-4-2-1-3-5-11/h1-5,8,10,22H,6-7,9H2,(H,17,20). The maximum atomic E-state index is 12.5. The number of fused-ring (bicyclic) bond motifs is 1. The lowest BCUT2D eigenvalue weighted by atomic mass is 10.2. The van der Waals surface area contributed by atoms with Gasteiger partial charge in [-0.3, -0.25) is 14.2 Å². The van der Waals surface area contributed by atoms with E-state index < -0.39 is 0 Å². The van der Waals surface area contributed by atoms with Gasteiger partial charge in [0.1, 0.15) is 11.4 Å². The lowest BCUT2D eigenvalue weighted by Crippen LogP contribution is -2.33. The molecule has 118 valence electrons. The third-order valence-corrected chi connectivity index (χ3v) is 4.64. The Hall–Kier alpha value is -2.12. The number of carbonyl (C=O) groups excluding carboxylic acids is 1. The molecule has 5 nitrogen and oxygen atoms in total. The molecule has 0 atom stereocenters. The van der Waals surface area contributed by atoms with Crippen LogP contribution in [-0.2, 0) is 11.3 Å². The molecule has 0 fully saturated rings. The topological polar surface area (TPSA) is 64.0 Å². The second kappa shape index (κ2) is 6.97. The molecule has 0 aliphatic rings. The van der Waals surface area contributed by atoms with E-state index in [0.717, 1.165) is 10.4 Å². The summed E-state index contributed by atoms with van der Waals surface area (Å²) in [6.45, 7) is 0.440. The van der Waals surface area contributed by atoms with Crippen LogP contribution in [0.2, 0.25) is 0 Å². The molecule has 3 aromatic rings. The zero-order chi connectivity index (χ0) is 16.2. The van der Waals surface area contributed by atoms with E-state index >= 15 is 0 Å². The average molecular weight is 345 g/mol. The number of hydrogen-bond acceptors (Lipinski definition) is 5. The molecule has 0 saturated carbocycles. The van der Waals surface area contributed by atoms with Crippen molar-refractivity contribution in [2.45, 2.75) is 6.54 Å². The fourth-order valence-corrected chi connectivity index (χ4v) is 3.33. The highest BCUT2D eigenvalue weighted by molar-refractivity contribution is 7.80. The second-order valence-corrected chi connectivity index (χ2v) is 6.42. The maximum absolute atomic E-state index is 12.5. The Morgan fingerprint density at radius 3 is 2.83 bits per heavy atom. The van der Waals surface area contributed by atoms with Gasteiger partial charge in [0.05, 0.1) is 11.7 Å². The summed E-state index contributed by atoms with van der Waals surface area (Å²) < 4.78 is 1.33. The van der Waals surface area contributed by atoms with Gasteiger partial charge in [0, 0.05) is 17.2 Å². The minimum Gasteiger partial charge on any atom is -0.354 e. The van der Waals surface area contributed by atoms with Crippen LogP contribution in [0.4, 0.5) is 0 Å². The SMILES string of the molecule is O=C(Cn1cnc2sc(-c3ccccc3)cc2c1=O)NCCS. The van der Waals surface area contributed by atoms with E-state index in [1.54, 1.807) is 0 Å². The minimum atomic E-state index is -0.221. The first-order chi connectivity index (χ1) is 11.2. The van der Waals surface area contributed by atoms with Crippen LogP contribution >= 0.6 is 24.0 Å². The fourth-order valence-electron chi connectivity index (χ4n) is 2.22. The number of thiol groups is 1. The van der Waals surface area contributed by atoms with Crippen molar-refractivity contribution in [1.82, 2.24) is 14.9 Å². The molecule has 0 bridgehead atoms. The Kier molecular flexibility index (Phi) is 4.78. The third kappa shape index (κ3) is 3.46. The summed E-state index contributed by atoms with van der Waals surface area (Å²) in [6.07, 6.45) is 1.43. The molecule has 0 spiro atoms. The monoisotopic (exact) mass is 345 g/mol. The van der Waals surface area contributed by atoms with Gasteiger partial charge in [-0.2, -0.15) is 12.6 Å². The van der Waals surface area contributed by atoms with Crippen molar-refractivity contribution in [2.24, 2.45) is 0 Å². The molecule has 0 aliphatic carbocycles. The predicted octanol–water partition coefficient (Wildman–Crippen LogP) is 2.17. The van der Waals surface area contributed by atoms with Gasteiger partial charge in [0.15, 0.2) is 0 Å². The average Bonchev–Trinajstić information content (AvgIpc) is 3.01. The third-order valence-electron chi connectivity index (χ3n) is 3.32. The van der Waals surface area contributed by atoms with Crippen molar-refractivity contribution in [2.75, 3.05) is 12.3 Å². The van der Waals surface area contributed by atoms with Crippen molar-refractivity contribution in [3.8, 4) is 10.4 Å². The highest BCUT2D eigenvalue weighted by atomic mass is 32.1. The summed E-state index contributed by atoms with van der Waals surface area (Å²) >= 11 is 5.50. The van der Waals surface area contributed by atoms with Crippen LogP contribution in [0.25, 0.3) is 20.7 Å². The van der Waals surface area contributed by atoms with Crippen LogP contribution in [0.3, 0.4) is 0 Å². The van der Waals surface area contributed by atoms with Gasteiger partial charge in [-0.05, 0) is 11.6 Å². The number of carbonyl (C=O) groups is 1. The van der Waals surface area contributed by atoms with Crippen LogP contribution in [0.15, 0.2) is 47.5 Å². The van der Waals surface area contributed by atoms with Crippen molar-refractivity contribution < 1.29 is 4.79 Å². The molecule has 0 aliphatic heterocycles. The first kappa shape index (κ1) is 15.8. The van der Waals surface area contributed by atoms with Crippen molar-refractivity contribution in [3.05, 3.63) is 53.1 Å². The zero-order valence-corrected chi connectivity index (χ0v) is 13.9. The lowest BCUT2D eigenvalue weighted by molar-refractivity contribution is -0.121. The molecule has 1 aromatic carbocycles. The summed E-state index contributed by atoms with van der Waals surface area (Å²) in [4.78, 5) is 30.3. The van der Waals surface area contributed by atoms with E-state index in [9.17, 15) is 9.59 Å². The second-order valence-electron chi connectivity index (χ2n) is 4.95. The molecule has 0 unspecified atom stereocenters. The van der Waals surface area contributed by atoms with Crippen molar-refractivity contribution in [1.29, 1.82) is 0 Å². The first-order valence-electron chi connectivity index (χ1n) is 7.11. The highest BCUT2D eigenvalue weighted by Crippen LogP contribution is 2.30. The first-order valence-corrected chi connectivity index (χ1v) is 8.56. The summed E-state index contributed by atoms with van der Waals surface area (Å²) in [5.41, 5.74) is 0.849. The molecular formula is C16H15N3O2S2. The molecule has 1 N–H and O–H groups in total. The molecule has 1 amide bonds. The van der Waals surface area contributed by atoms with Crippen LogP contribution in [0, 0.1) is 0 Å². The molecule has 0 radical (unpaired) electrons. The molecular weight excluding hydrogens is 330 g/mol. The number of rotatable bonds is 5. The van der Waals surface area contributed by atoms with E-state index in [2.05, 4.69) is 22.9 Å². The summed E-state index contributed by atoms with van der Waals surface area (Å²) in [6, 6.07) is 11.7. The molecule has 3 rings (SSSR count). The van der Waals surface area contributed by atoms with E-state index in [-0.39, 0.29) is 18.0 Å². The summed E-state index contributed by atoms with van der Waals surface area (Å²) in [7, 11) is 0. The number of nitrogens with one attached hydrogen (secondary N) is 1. The normalized spacial score (nSPS) is 10.8. The number of hydrogen-bond donors (Lipinski definition) is 2. The van der Waals surface area contributed by atoms with E-state index in [4.69, 9.17) is 0 Å². The summed E-state index contributed by atoms with van der Waals surface area (Å²) in [5, 5.41) is 3.23. The zero-order valence-electron chi connectivity index (χ0n) is 12.2. The Morgan fingerprint density at radius 1 is 1.30 bits per heavy atom. The Balaban J connectivity index is 1.93. The van der Waals surface area contributed by atoms with Gasteiger partial charge >= 0.3 is 0 Å².